The molecule has 0 unspecified atom stereocenters. The normalized spacial score (nSPS) is 13.4. The van der Waals surface area contributed by atoms with Crippen LogP contribution in [0.1, 0.15) is 6.92 Å². The second-order valence-electron chi connectivity index (χ2n) is 5.18. The van der Waals surface area contributed by atoms with Crippen LogP contribution in [0.3, 0.4) is 0 Å². The van der Waals surface area contributed by atoms with Crippen LogP contribution in [0.2, 0.25) is 0 Å². The monoisotopic (exact) mass is 301 g/mol. The van der Waals surface area contributed by atoms with Crippen molar-refractivity contribution in [3.05, 3.63) is 60.7 Å². The van der Waals surface area contributed by atoms with Crippen LogP contribution in [-0.4, -0.2) is 37.0 Å². The number of nitrogens with one attached hydrogen (secondary N) is 1. The zero-order chi connectivity index (χ0) is 15.6. The van der Waals surface area contributed by atoms with E-state index in [0.29, 0.717) is 13.1 Å². The summed E-state index contributed by atoms with van der Waals surface area (Å²) in [6.45, 7) is 3.39. The molecule has 2 atom stereocenters. The van der Waals surface area contributed by atoms with E-state index in [2.05, 4.69) is 5.32 Å². The van der Waals surface area contributed by atoms with Crippen molar-refractivity contribution in [1.82, 2.24) is 5.32 Å². The van der Waals surface area contributed by atoms with Crippen molar-refractivity contribution in [2.45, 2.75) is 19.1 Å². The molecule has 4 nitrogen and oxygen atoms in total. The molecule has 0 aliphatic rings. The van der Waals surface area contributed by atoms with Gasteiger partial charge in [0.1, 0.15) is 30.3 Å². The van der Waals surface area contributed by atoms with E-state index in [9.17, 15) is 5.11 Å². The summed E-state index contributed by atoms with van der Waals surface area (Å²) in [5, 5.41) is 13.1. The lowest BCUT2D eigenvalue weighted by Gasteiger charge is -2.17. The molecule has 2 N–H and O–H groups in total. The summed E-state index contributed by atoms with van der Waals surface area (Å²) in [5.41, 5.74) is 0. The SMILES string of the molecule is C[C@H](CNC[C@H](O)COc1ccccc1)Oc1ccccc1. The second kappa shape index (κ2) is 9.07. The van der Waals surface area contributed by atoms with E-state index in [-0.39, 0.29) is 12.7 Å². The first-order chi connectivity index (χ1) is 10.7. The van der Waals surface area contributed by atoms with Crippen LogP contribution < -0.4 is 14.8 Å². The van der Waals surface area contributed by atoms with Gasteiger partial charge in [0, 0.05) is 13.1 Å². The average Bonchev–Trinajstić information content (AvgIpc) is 2.55. The van der Waals surface area contributed by atoms with Crippen LogP contribution in [0.4, 0.5) is 0 Å². The maximum atomic E-state index is 9.88. The number of hydrogen-bond donors (Lipinski definition) is 2. The molecule has 22 heavy (non-hydrogen) atoms. The Balaban J connectivity index is 1.59. The van der Waals surface area contributed by atoms with Gasteiger partial charge in [-0.25, -0.2) is 0 Å². The van der Waals surface area contributed by atoms with E-state index < -0.39 is 6.10 Å². The Hall–Kier alpha value is -2.04. The number of benzene rings is 2. The predicted molar refractivity (Wildman–Crippen MR) is 87.3 cm³/mol. The molecular weight excluding hydrogens is 278 g/mol. The predicted octanol–water partition coefficient (Wildman–Crippen LogP) is 2.48. The van der Waals surface area contributed by atoms with E-state index in [4.69, 9.17) is 9.47 Å². The molecule has 0 amide bonds. The van der Waals surface area contributed by atoms with Gasteiger partial charge in [-0.15, -0.1) is 0 Å². The fourth-order valence-corrected chi connectivity index (χ4v) is 1.99. The third kappa shape index (κ3) is 6.16. The number of para-hydroxylation sites is 2. The highest BCUT2D eigenvalue weighted by Gasteiger charge is 2.07. The van der Waals surface area contributed by atoms with Crippen LogP contribution in [-0.2, 0) is 0 Å². The third-order valence-corrected chi connectivity index (χ3v) is 3.08. The zero-order valence-electron chi connectivity index (χ0n) is 12.8. The first-order valence-corrected chi connectivity index (χ1v) is 7.52. The van der Waals surface area contributed by atoms with Gasteiger partial charge >= 0.3 is 0 Å². The lowest BCUT2D eigenvalue weighted by atomic mass is 10.3. The summed E-state index contributed by atoms with van der Waals surface area (Å²) in [7, 11) is 0. The molecule has 2 aromatic carbocycles. The van der Waals surface area contributed by atoms with Gasteiger partial charge in [0.15, 0.2) is 0 Å². The van der Waals surface area contributed by atoms with Crippen molar-refractivity contribution in [2.24, 2.45) is 0 Å². The van der Waals surface area contributed by atoms with Gasteiger partial charge in [-0.3, -0.25) is 0 Å². The Morgan fingerprint density at radius 2 is 1.50 bits per heavy atom. The van der Waals surface area contributed by atoms with E-state index in [1.165, 1.54) is 0 Å². The van der Waals surface area contributed by atoms with Gasteiger partial charge in [0.25, 0.3) is 0 Å². The van der Waals surface area contributed by atoms with Gasteiger partial charge in [-0.05, 0) is 31.2 Å². The molecule has 0 saturated carbocycles. The van der Waals surface area contributed by atoms with Crippen molar-refractivity contribution in [3.8, 4) is 11.5 Å². The summed E-state index contributed by atoms with van der Waals surface area (Å²) >= 11 is 0. The van der Waals surface area contributed by atoms with Gasteiger partial charge in [-0.2, -0.15) is 0 Å². The Bertz CT molecular complexity index is 518. The second-order valence-corrected chi connectivity index (χ2v) is 5.18. The lowest BCUT2D eigenvalue weighted by Crippen LogP contribution is -2.36. The van der Waals surface area contributed by atoms with Gasteiger partial charge < -0.3 is 19.9 Å². The van der Waals surface area contributed by atoms with Crippen LogP contribution >= 0.6 is 0 Å². The number of rotatable bonds is 9. The van der Waals surface area contributed by atoms with Gasteiger partial charge in [0.05, 0.1) is 0 Å². The smallest absolute Gasteiger partial charge is 0.119 e. The van der Waals surface area contributed by atoms with Crippen LogP contribution in [0.25, 0.3) is 0 Å². The largest absolute Gasteiger partial charge is 0.491 e. The molecule has 0 saturated heterocycles. The van der Waals surface area contributed by atoms with E-state index >= 15 is 0 Å². The van der Waals surface area contributed by atoms with E-state index in [1.807, 2.05) is 67.6 Å². The Labute approximate surface area is 131 Å². The highest BCUT2D eigenvalue weighted by atomic mass is 16.5. The molecular formula is C18H23NO3. The minimum absolute atomic E-state index is 0.0321. The van der Waals surface area contributed by atoms with Crippen molar-refractivity contribution in [1.29, 1.82) is 0 Å². The van der Waals surface area contributed by atoms with E-state index in [0.717, 1.165) is 11.5 Å². The highest BCUT2D eigenvalue weighted by molar-refractivity contribution is 5.21. The topological polar surface area (TPSA) is 50.7 Å². The minimum Gasteiger partial charge on any atom is -0.491 e. The maximum absolute atomic E-state index is 9.88. The lowest BCUT2D eigenvalue weighted by molar-refractivity contribution is 0.103. The molecule has 2 rings (SSSR count). The molecule has 0 aliphatic heterocycles. The summed E-state index contributed by atoms with van der Waals surface area (Å²) in [5.74, 6) is 1.62. The molecule has 4 heteroatoms. The van der Waals surface area contributed by atoms with Crippen molar-refractivity contribution in [3.63, 3.8) is 0 Å². The summed E-state index contributed by atoms with van der Waals surface area (Å²) in [6, 6.07) is 19.2. The van der Waals surface area contributed by atoms with Crippen molar-refractivity contribution < 1.29 is 14.6 Å². The summed E-state index contributed by atoms with van der Waals surface area (Å²) in [6.07, 6.45) is -0.520. The number of aliphatic hydroxyl groups is 1. The number of hydrogen-bond acceptors (Lipinski definition) is 4. The van der Waals surface area contributed by atoms with Crippen molar-refractivity contribution in [2.75, 3.05) is 19.7 Å². The minimum atomic E-state index is -0.552. The third-order valence-electron chi connectivity index (χ3n) is 3.08. The van der Waals surface area contributed by atoms with Crippen molar-refractivity contribution >= 4 is 0 Å². The Kier molecular flexibility index (Phi) is 6.74. The molecule has 0 aromatic heterocycles. The van der Waals surface area contributed by atoms with Gasteiger partial charge in [-0.1, -0.05) is 36.4 Å². The Morgan fingerprint density at radius 1 is 0.909 bits per heavy atom. The van der Waals surface area contributed by atoms with Crippen LogP contribution in [0.15, 0.2) is 60.7 Å². The standard InChI is InChI=1S/C18H23NO3/c1-15(22-18-10-6-3-7-11-18)12-19-13-16(20)14-21-17-8-4-2-5-9-17/h2-11,15-16,19-20H,12-14H2,1H3/t15-,16+/m1/s1. The average molecular weight is 301 g/mol. The Morgan fingerprint density at radius 3 is 2.14 bits per heavy atom. The first kappa shape index (κ1) is 16.3. The number of ether oxygens (including phenoxy) is 2. The van der Waals surface area contributed by atoms with Crippen LogP contribution in [0.5, 0.6) is 11.5 Å². The fourth-order valence-electron chi connectivity index (χ4n) is 1.99. The van der Waals surface area contributed by atoms with Gasteiger partial charge in [0.2, 0.25) is 0 Å². The quantitative estimate of drug-likeness (QED) is 0.747. The molecule has 0 spiro atoms. The fraction of sp³-hybridized carbons (Fsp3) is 0.333. The molecule has 0 heterocycles. The molecule has 118 valence electrons. The molecule has 0 bridgehead atoms. The molecule has 0 aliphatic carbocycles. The highest BCUT2D eigenvalue weighted by Crippen LogP contribution is 2.10. The maximum Gasteiger partial charge on any atom is 0.119 e. The molecule has 0 fully saturated rings. The zero-order valence-corrected chi connectivity index (χ0v) is 12.8. The number of aliphatic hydroxyl groups excluding tert-OH is 1. The summed E-state index contributed by atoms with van der Waals surface area (Å²) in [4.78, 5) is 0. The molecule has 0 radical (unpaired) electrons. The summed E-state index contributed by atoms with van der Waals surface area (Å²) < 4.78 is 11.2. The molecule has 2 aromatic rings. The van der Waals surface area contributed by atoms with E-state index in [1.54, 1.807) is 0 Å². The first-order valence-electron chi connectivity index (χ1n) is 7.52. The van der Waals surface area contributed by atoms with Crippen LogP contribution in [0, 0.1) is 0 Å².